The van der Waals surface area contributed by atoms with Gasteiger partial charge in [-0.2, -0.15) is 0 Å². The van der Waals surface area contributed by atoms with Crippen LogP contribution in [0.5, 0.6) is 0 Å². The number of alkyl carbamates (subject to hydrolysis) is 1. The lowest BCUT2D eigenvalue weighted by atomic mass is 9.78. The van der Waals surface area contributed by atoms with E-state index in [4.69, 9.17) is 14.0 Å². The maximum Gasteiger partial charge on any atom is 0.494 e. The smallest absolute Gasteiger partial charge is 0.444 e. The van der Waals surface area contributed by atoms with Gasteiger partial charge in [-0.05, 0) is 84.1 Å². The standard InChI is InChI=1S/C31H42BN3O4/c1-29(2,3)37-28(36)33-18-23-20-35-25-15-14-24(32-38-30(4,5)31(6,7)39-32)16-22(25)17-26(35)27(23)34(8)19-21-12-10-9-11-13-21/h9-17,23,27H,18-20H2,1-8H3,(H,33,36). The van der Waals surface area contributed by atoms with E-state index >= 15 is 0 Å². The van der Waals surface area contributed by atoms with Gasteiger partial charge in [-0.15, -0.1) is 0 Å². The molecule has 208 valence electrons. The fourth-order valence-corrected chi connectivity index (χ4v) is 5.72. The first-order valence-electron chi connectivity index (χ1n) is 13.9. The number of carbonyl (C=O) groups excluding carboxylic acids is 1. The Morgan fingerprint density at radius 2 is 1.74 bits per heavy atom. The summed E-state index contributed by atoms with van der Waals surface area (Å²) < 4.78 is 20.6. The van der Waals surface area contributed by atoms with Crippen molar-refractivity contribution in [1.29, 1.82) is 0 Å². The van der Waals surface area contributed by atoms with Gasteiger partial charge in [-0.1, -0.05) is 42.5 Å². The highest BCUT2D eigenvalue weighted by molar-refractivity contribution is 6.62. The van der Waals surface area contributed by atoms with E-state index < -0.39 is 12.7 Å². The van der Waals surface area contributed by atoms with Crippen molar-refractivity contribution in [2.75, 3.05) is 13.6 Å². The Morgan fingerprint density at radius 1 is 1.08 bits per heavy atom. The van der Waals surface area contributed by atoms with Crippen molar-refractivity contribution in [3.63, 3.8) is 0 Å². The van der Waals surface area contributed by atoms with E-state index in [-0.39, 0.29) is 29.3 Å². The highest BCUT2D eigenvalue weighted by Crippen LogP contribution is 2.41. The Balaban J connectivity index is 1.42. The largest absolute Gasteiger partial charge is 0.494 e. The topological polar surface area (TPSA) is 65.0 Å². The number of rotatable bonds is 6. The molecule has 8 heteroatoms. The van der Waals surface area contributed by atoms with Crippen molar-refractivity contribution in [2.45, 2.75) is 84.4 Å². The molecule has 0 spiro atoms. The minimum atomic E-state index is -0.528. The Bertz CT molecular complexity index is 1330. The average molecular weight is 532 g/mol. The van der Waals surface area contributed by atoms with Crippen LogP contribution in [0.1, 0.15) is 65.8 Å². The second kappa shape index (κ2) is 9.99. The van der Waals surface area contributed by atoms with Gasteiger partial charge in [0, 0.05) is 36.8 Å². The molecule has 2 aromatic carbocycles. The van der Waals surface area contributed by atoms with Crippen molar-refractivity contribution in [2.24, 2.45) is 5.92 Å². The average Bonchev–Trinajstić information content (AvgIpc) is 3.43. The highest BCUT2D eigenvalue weighted by atomic mass is 16.7. The zero-order valence-corrected chi connectivity index (χ0v) is 24.6. The van der Waals surface area contributed by atoms with Crippen LogP contribution in [-0.2, 0) is 27.1 Å². The second-order valence-electron chi connectivity index (χ2n) is 13.1. The summed E-state index contributed by atoms with van der Waals surface area (Å²) in [7, 11) is 1.78. The molecule has 0 saturated carbocycles. The molecule has 39 heavy (non-hydrogen) atoms. The molecule has 1 aromatic heterocycles. The number of amides is 1. The van der Waals surface area contributed by atoms with Crippen LogP contribution in [0.2, 0.25) is 0 Å². The van der Waals surface area contributed by atoms with Crippen LogP contribution in [-0.4, -0.2) is 53.1 Å². The van der Waals surface area contributed by atoms with Gasteiger partial charge in [0.05, 0.1) is 17.2 Å². The first-order chi connectivity index (χ1) is 18.2. The van der Waals surface area contributed by atoms with Gasteiger partial charge >= 0.3 is 13.2 Å². The van der Waals surface area contributed by atoms with Gasteiger partial charge in [0.25, 0.3) is 0 Å². The minimum absolute atomic E-state index is 0.132. The molecule has 0 bridgehead atoms. The van der Waals surface area contributed by atoms with E-state index in [9.17, 15) is 4.79 Å². The third-order valence-corrected chi connectivity index (χ3v) is 8.31. The lowest BCUT2D eigenvalue weighted by molar-refractivity contribution is 0.00578. The number of ether oxygens (including phenoxy) is 1. The molecule has 3 heterocycles. The van der Waals surface area contributed by atoms with E-state index in [2.05, 4.69) is 98.1 Å². The molecular formula is C31H42BN3O4. The molecule has 2 atom stereocenters. The monoisotopic (exact) mass is 531 g/mol. The van der Waals surface area contributed by atoms with Crippen LogP contribution in [0, 0.1) is 5.92 Å². The van der Waals surface area contributed by atoms with Crippen LogP contribution in [0.4, 0.5) is 4.79 Å². The quantitative estimate of drug-likeness (QED) is 0.440. The van der Waals surface area contributed by atoms with Crippen LogP contribution in [0.25, 0.3) is 10.9 Å². The van der Waals surface area contributed by atoms with E-state index in [0.717, 1.165) is 18.6 Å². The van der Waals surface area contributed by atoms with Gasteiger partial charge in [0.15, 0.2) is 0 Å². The minimum Gasteiger partial charge on any atom is -0.444 e. The predicted molar refractivity (Wildman–Crippen MR) is 156 cm³/mol. The molecule has 0 radical (unpaired) electrons. The van der Waals surface area contributed by atoms with Gasteiger partial charge < -0.3 is 23.9 Å². The third kappa shape index (κ3) is 5.60. The summed E-state index contributed by atoms with van der Waals surface area (Å²) >= 11 is 0. The van der Waals surface area contributed by atoms with Gasteiger partial charge in [0.1, 0.15) is 5.60 Å². The van der Waals surface area contributed by atoms with E-state index in [1.165, 1.54) is 22.2 Å². The SMILES string of the molecule is CN(Cc1ccccc1)C1c2cc3cc(B4OC(C)(C)C(C)(C)O4)ccc3n2CC1CNC(=O)OC(C)(C)C. The van der Waals surface area contributed by atoms with Crippen molar-refractivity contribution in [3.05, 3.63) is 65.9 Å². The lowest BCUT2D eigenvalue weighted by Crippen LogP contribution is -2.41. The Kier molecular flexibility index (Phi) is 7.11. The number of hydrogen-bond donors (Lipinski definition) is 1. The molecule has 1 saturated heterocycles. The summed E-state index contributed by atoms with van der Waals surface area (Å²) in [5, 5.41) is 4.20. The molecular weight excluding hydrogens is 489 g/mol. The van der Waals surface area contributed by atoms with Gasteiger partial charge in [-0.25, -0.2) is 4.79 Å². The molecule has 7 nitrogen and oxygen atoms in total. The van der Waals surface area contributed by atoms with Crippen molar-refractivity contribution in [1.82, 2.24) is 14.8 Å². The summed E-state index contributed by atoms with van der Waals surface area (Å²) in [4.78, 5) is 14.9. The molecule has 1 amide bonds. The summed E-state index contributed by atoms with van der Waals surface area (Å²) in [6.07, 6.45) is -0.375. The number of nitrogens with one attached hydrogen (secondary N) is 1. The van der Waals surface area contributed by atoms with Crippen molar-refractivity contribution in [3.8, 4) is 0 Å². The van der Waals surface area contributed by atoms with Crippen LogP contribution >= 0.6 is 0 Å². The zero-order valence-electron chi connectivity index (χ0n) is 24.6. The molecule has 1 N–H and O–H groups in total. The Hall–Kier alpha value is -2.81. The molecule has 2 aliphatic rings. The van der Waals surface area contributed by atoms with E-state index in [1.54, 1.807) is 0 Å². The number of hydrogen-bond acceptors (Lipinski definition) is 5. The fourth-order valence-electron chi connectivity index (χ4n) is 5.72. The van der Waals surface area contributed by atoms with Gasteiger partial charge in [0.2, 0.25) is 0 Å². The Labute approximate surface area is 232 Å². The number of aromatic nitrogens is 1. The summed E-state index contributed by atoms with van der Waals surface area (Å²) in [5.41, 5.74) is 3.44. The van der Waals surface area contributed by atoms with Crippen molar-refractivity contribution >= 4 is 29.6 Å². The van der Waals surface area contributed by atoms with E-state index in [0.29, 0.717) is 6.54 Å². The summed E-state index contributed by atoms with van der Waals surface area (Å²) in [6, 6.07) is 19.4. The van der Waals surface area contributed by atoms with Crippen LogP contribution < -0.4 is 10.8 Å². The maximum absolute atomic E-state index is 12.5. The normalized spacial score (nSPS) is 21.9. The highest BCUT2D eigenvalue weighted by Gasteiger charge is 2.51. The van der Waals surface area contributed by atoms with E-state index in [1.807, 2.05) is 26.8 Å². The molecule has 1 fully saturated rings. The number of nitrogens with zero attached hydrogens (tertiary/aromatic N) is 2. The zero-order chi connectivity index (χ0) is 28.2. The fraction of sp³-hybridized carbons (Fsp3) is 0.516. The summed E-state index contributed by atoms with van der Waals surface area (Å²) in [5.74, 6) is 0.202. The second-order valence-corrected chi connectivity index (χ2v) is 13.1. The Morgan fingerprint density at radius 3 is 2.38 bits per heavy atom. The molecule has 5 rings (SSSR count). The summed E-state index contributed by atoms with van der Waals surface area (Å²) in [6.45, 7) is 16.1. The molecule has 3 aromatic rings. The first kappa shape index (κ1) is 27.8. The third-order valence-electron chi connectivity index (χ3n) is 8.31. The number of benzene rings is 2. The van der Waals surface area contributed by atoms with Crippen molar-refractivity contribution < 1.29 is 18.8 Å². The lowest BCUT2D eigenvalue weighted by Gasteiger charge is -2.32. The molecule has 2 unspecified atom stereocenters. The number of carbonyl (C=O) groups is 1. The molecule has 0 aliphatic carbocycles. The van der Waals surface area contributed by atoms with Gasteiger partial charge in [-0.3, -0.25) is 4.90 Å². The van der Waals surface area contributed by atoms with Crippen LogP contribution in [0.3, 0.4) is 0 Å². The predicted octanol–water partition coefficient (Wildman–Crippen LogP) is 5.27. The maximum atomic E-state index is 12.5. The first-order valence-corrected chi connectivity index (χ1v) is 13.9. The molecule has 2 aliphatic heterocycles. The van der Waals surface area contributed by atoms with Crippen LogP contribution in [0.15, 0.2) is 54.6 Å². The number of fused-ring (bicyclic) bond motifs is 3.